The van der Waals surface area contributed by atoms with Crippen molar-refractivity contribution in [1.82, 2.24) is 20.3 Å². The summed E-state index contributed by atoms with van der Waals surface area (Å²) in [6, 6.07) is 12.6. The molecule has 4 rings (SSSR count). The van der Waals surface area contributed by atoms with Crippen molar-refractivity contribution in [1.29, 1.82) is 0 Å². The van der Waals surface area contributed by atoms with Gasteiger partial charge in [-0.15, -0.1) is 0 Å². The average molecular weight is 470 g/mol. The van der Waals surface area contributed by atoms with E-state index in [1.54, 1.807) is 18.2 Å². The smallest absolute Gasteiger partial charge is 0.255 e. The Bertz CT molecular complexity index is 1380. The molecule has 2 aromatic heterocycles. The van der Waals surface area contributed by atoms with Crippen molar-refractivity contribution in [3.63, 3.8) is 0 Å². The summed E-state index contributed by atoms with van der Waals surface area (Å²) in [6.07, 6.45) is 5.34. The molecule has 2 heterocycles. The number of carbonyl (C=O) groups is 1. The van der Waals surface area contributed by atoms with E-state index in [-0.39, 0.29) is 24.6 Å². The molecule has 0 unspecified atom stereocenters. The first kappa shape index (κ1) is 23.8. The molecule has 8 heteroatoms. The van der Waals surface area contributed by atoms with Gasteiger partial charge in [-0.3, -0.25) is 4.79 Å². The van der Waals surface area contributed by atoms with Crippen LogP contribution in [0.25, 0.3) is 10.9 Å². The summed E-state index contributed by atoms with van der Waals surface area (Å²) in [7, 11) is 0. The molecule has 0 aliphatic rings. The number of carbonyl (C=O) groups excluding carboxylic acids is 1. The molecular weight excluding hydrogens is 442 g/mol. The Morgan fingerprint density at radius 2 is 1.89 bits per heavy atom. The standard InChI is InChI=1S/C27H27N5O3/c1-17(2)35-25-10-9-18(7-8-19-13-30-27(28)31-14-19)11-23(25)26(34)32-21(16-33)12-20-15-29-24-6-4-3-5-22(20)24/h3-6,9-11,13-15,17,21,29,33H,12,16H2,1-2H3,(H,32,34)(H2,28,30,31)/t21-/m1/s1. The van der Waals surface area contributed by atoms with Gasteiger partial charge in [0.2, 0.25) is 5.95 Å². The number of nitrogens with two attached hydrogens (primary N) is 1. The van der Waals surface area contributed by atoms with Crippen LogP contribution in [-0.2, 0) is 6.42 Å². The number of H-pyrrole nitrogens is 1. The van der Waals surface area contributed by atoms with Gasteiger partial charge in [-0.2, -0.15) is 0 Å². The SMILES string of the molecule is CC(C)Oc1ccc(C#Cc2cnc(N)nc2)cc1C(=O)N[C@@H](CO)Cc1c[nH]c2ccccc12. The molecule has 5 N–H and O–H groups in total. The van der Waals surface area contributed by atoms with E-state index in [1.807, 2.05) is 44.3 Å². The maximum atomic E-state index is 13.3. The van der Waals surface area contributed by atoms with E-state index in [9.17, 15) is 9.90 Å². The van der Waals surface area contributed by atoms with Gasteiger partial charge in [0.25, 0.3) is 5.91 Å². The number of para-hydroxylation sites is 1. The molecule has 0 saturated heterocycles. The molecule has 178 valence electrons. The summed E-state index contributed by atoms with van der Waals surface area (Å²) < 4.78 is 5.87. The third kappa shape index (κ3) is 5.96. The second-order valence-electron chi connectivity index (χ2n) is 8.37. The molecular formula is C27H27N5O3. The van der Waals surface area contributed by atoms with E-state index < -0.39 is 6.04 Å². The molecule has 8 nitrogen and oxygen atoms in total. The van der Waals surface area contributed by atoms with Crippen LogP contribution in [0.2, 0.25) is 0 Å². The van der Waals surface area contributed by atoms with Crippen molar-refractivity contribution in [2.45, 2.75) is 32.4 Å². The lowest BCUT2D eigenvalue weighted by molar-refractivity contribution is 0.0910. The number of aliphatic hydroxyl groups excluding tert-OH is 1. The highest BCUT2D eigenvalue weighted by atomic mass is 16.5. The summed E-state index contributed by atoms with van der Waals surface area (Å²) in [5, 5.41) is 14.0. The predicted molar refractivity (Wildman–Crippen MR) is 135 cm³/mol. The highest BCUT2D eigenvalue weighted by Crippen LogP contribution is 2.23. The van der Waals surface area contributed by atoms with Crippen LogP contribution in [0.1, 0.15) is 40.9 Å². The third-order valence-corrected chi connectivity index (χ3v) is 5.31. The molecule has 0 bridgehead atoms. The molecule has 4 aromatic rings. The predicted octanol–water partition coefficient (Wildman–Crippen LogP) is 3.06. The maximum Gasteiger partial charge on any atom is 0.255 e. The fraction of sp³-hybridized carbons (Fsp3) is 0.222. The van der Waals surface area contributed by atoms with Crippen molar-refractivity contribution in [3.8, 4) is 17.6 Å². The van der Waals surface area contributed by atoms with Gasteiger partial charge >= 0.3 is 0 Å². The summed E-state index contributed by atoms with van der Waals surface area (Å²) in [5.41, 5.74) is 9.12. The average Bonchev–Trinajstić information content (AvgIpc) is 3.26. The minimum absolute atomic E-state index is 0.120. The minimum atomic E-state index is -0.477. The molecule has 1 amide bonds. The normalized spacial score (nSPS) is 11.7. The number of benzene rings is 2. The highest BCUT2D eigenvalue weighted by Gasteiger charge is 2.19. The number of fused-ring (bicyclic) bond motifs is 1. The zero-order chi connectivity index (χ0) is 24.8. The van der Waals surface area contributed by atoms with E-state index in [0.717, 1.165) is 16.5 Å². The summed E-state index contributed by atoms with van der Waals surface area (Å²) in [6.45, 7) is 3.58. The largest absolute Gasteiger partial charge is 0.490 e. The van der Waals surface area contributed by atoms with Gasteiger partial charge in [0.05, 0.1) is 29.9 Å². The van der Waals surface area contributed by atoms with E-state index in [1.165, 1.54) is 12.4 Å². The molecule has 0 radical (unpaired) electrons. The number of nitrogen functional groups attached to an aromatic ring is 1. The Labute approximate surface area is 203 Å². The van der Waals surface area contributed by atoms with Crippen LogP contribution in [0.5, 0.6) is 5.75 Å². The van der Waals surface area contributed by atoms with Crippen molar-refractivity contribution in [3.05, 3.63) is 83.3 Å². The van der Waals surface area contributed by atoms with Gasteiger partial charge in [0.1, 0.15) is 5.75 Å². The van der Waals surface area contributed by atoms with Gasteiger partial charge in [-0.05, 0) is 50.1 Å². The molecule has 1 atom stereocenters. The number of rotatable bonds is 7. The second kappa shape index (κ2) is 10.7. The molecule has 0 spiro atoms. The molecule has 35 heavy (non-hydrogen) atoms. The Hall–Kier alpha value is -4.35. The van der Waals surface area contributed by atoms with Gasteiger partial charge in [0, 0.05) is 35.1 Å². The molecule has 0 aliphatic carbocycles. The van der Waals surface area contributed by atoms with E-state index >= 15 is 0 Å². The Morgan fingerprint density at radius 3 is 2.63 bits per heavy atom. The van der Waals surface area contributed by atoms with Crippen LogP contribution < -0.4 is 15.8 Å². The van der Waals surface area contributed by atoms with Crippen LogP contribution >= 0.6 is 0 Å². The lowest BCUT2D eigenvalue weighted by Gasteiger charge is -2.19. The number of anilines is 1. The number of nitrogens with zero attached hydrogens (tertiary/aromatic N) is 2. The van der Waals surface area contributed by atoms with Crippen molar-refractivity contribution in [2.24, 2.45) is 0 Å². The summed E-state index contributed by atoms with van der Waals surface area (Å²) >= 11 is 0. The number of aromatic amines is 1. The second-order valence-corrected chi connectivity index (χ2v) is 8.37. The van der Waals surface area contributed by atoms with Gasteiger partial charge in [0.15, 0.2) is 0 Å². The topological polar surface area (TPSA) is 126 Å². The number of aliphatic hydroxyl groups is 1. The summed E-state index contributed by atoms with van der Waals surface area (Å²) in [5.74, 6) is 6.26. The zero-order valence-corrected chi connectivity index (χ0v) is 19.6. The van der Waals surface area contributed by atoms with Crippen LogP contribution in [0, 0.1) is 11.8 Å². The number of ether oxygens (including phenoxy) is 1. The van der Waals surface area contributed by atoms with E-state index in [2.05, 4.69) is 32.1 Å². The number of nitrogens with one attached hydrogen (secondary N) is 2. The fourth-order valence-corrected chi connectivity index (χ4v) is 3.68. The minimum Gasteiger partial charge on any atom is -0.490 e. The van der Waals surface area contributed by atoms with Crippen LogP contribution in [-0.4, -0.2) is 44.7 Å². The van der Waals surface area contributed by atoms with Crippen molar-refractivity contribution < 1.29 is 14.6 Å². The Morgan fingerprint density at radius 1 is 1.14 bits per heavy atom. The monoisotopic (exact) mass is 469 g/mol. The lowest BCUT2D eigenvalue weighted by atomic mass is 10.0. The highest BCUT2D eigenvalue weighted by molar-refractivity contribution is 5.97. The first-order valence-corrected chi connectivity index (χ1v) is 11.3. The van der Waals surface area contributed by atoms with Crippen molar-refractivity contribution >= 4 is 22.8 Å². The van der Waals surface area contributed by atoms with E-state index in [4.69, 9.17) is 10.5 Å². The molecule has 0 aliphatic heterocycles. The van der Waals surface area contributed by atoms with Crippen LogP contribution in [0.4, 0.5) is 5.95 Å². The number of hydrogen-bond donors (Lipinski definition) is 4. The van der Waals surface area contributed by atoms with Gasteiger partial charge in [-0.1, -0.05) is 30.0 Å². The Balaban J connectivity index is 1.57. The maximum absolute atomic E-state index is 13.3. The van der Waals surface area contributed by atoms with Crippen LogP contribution in [0.15, 0.2) is 61.1 Å². The van der Waals surface area contributed by atoms with E-state index in [0.29, 0.717) is 28.9 Å². The number of hydrogen-bond acceptors (Lipinski definition) is 6. The zero-order valence-electron chi connectivity index (χ0n) is 19.6. The number of aromatic nitrogens is 3. The molecule has 0 fully saturated rings. The summed E-state index contributed by atoms with van der Waals surface area (Å²) in [4.78, 5) is 24.4. The third-order valence-electron chi connectivity index (χ3n) is 5.31. The molecule has 2 aromatic carbocycles. The van der Waals surface area contributed by atoms with Gasteiger partial charge in [-0.25, -0.2) is 9.97 Å². The quantitative estimate of drug-likeness (QED) is 0.308. The van der Waals surface area contributed by atoms with Gasteiger partial charge < -0.3 is 25.9 Å². The number of amides is 1. The van der Waals surface area contributed by atoms with Crippen molar-refractivity contribution in [2.75, 3.05) is 12.3 Å². The fourth-order valence-electron chi connectivity index (χ4n) is 3.68. The first-order valence-electron chi connectivity index (χ1n) is 11.3. The Kier molecular flexibility index (Phi) is 7.29. The molecule has 0 saturated carbocycles. The van der Waals surface area contributed by atoms with Crippen LogP contribution in [0.3, 0.4) is 0 Å². The first-order chi connectivity index (χ1) is 16.9. The lowest BCUT2D eigenvalue weighted by Crippen LogP contribution is -2.39.